The average molecular weight is 281 g/mol. The van der Waals surface area contributed by atoms with Crippen molar-refractivity contribution >= 4 is 11.8 Å². The molecule has 1 aliphatic heterocycles. The Morgan fingerprint density at radius 1 is 1.26 bits per heavy atom. The van der Waals surface area contributed by atoms with E-state index in [2.05, 4.69) is 23.7 Å². The Labute approximate surface area is 120 Å². The predicted molar refractivity (Wildman–Crippen MR) is 80.6 cm³/mol. The van der Waals surface area contributed by atoms with E-state index >= 15 is 0 Å². The minimum absolute atomic E-state index is 0.734. The molecule has 0 amide bonds. The molecule has 0 aliphatic carbocycles. The first-order chi connectivity index (χ1) is 9.28. The Hall–Kier alpha value is -0.870. The van der Waals surface area contributed by atoms with Gasteiger partial charge in [-0.1, -0.05) is 0 Å². The first-order valence-electron chi connectivity index (χ1n) is 6.78. The van der Waals surface area contributed by atoms with Crippen LogP contribution in [0.15, 0.2) is 17.0 Å². The highest BCUT2D eigenvalue weighted by Crippen LogP contribution is 2.36. The van der Waals surface area contributed by atoms with Gasteiger partial charge in [-0.3, -0.25) is 0 Å². The fraction of sp³-hybridized carbons (Fsp3) is 0.600. The molecule has 0 spiro atoms. The van der Waals surface area contributed by atoms with Crippen molar-refractivity contribution < 1.29 is 9.47 Å². The molecule has 1 saturated heterocycles. The maximum Gasteiger partial charge on any atom is 0.161 e. The number of thioether (sulfide) groups is 1. The second-order valence-corrected chi connectivity index (χ2v) is 5.78. The fourth-order valence-electron chi connectivity index (χ4n) is 2.66. The number of hydrogen-bond acceptors (Lipinski definition) is 4. The number of methoxy groups -OCH3 is 2. The monoisotopic (exact) mass is 281 g/mol. The molecule has 3 nitrogen and oxygen atoms in total. The van der Waals surface area contributed by atoms with E-state index < -0.39 is 0 Å². The molecule has 0 bridgehead atoms. The molecule has 106 valence electrons. The summed E-state index contributed by atoms with van der Waals surface area (Å²) in [6.07, 6.45) is 5.83. The molecule has 19 heavy (non-hydrogen) atoms. The summed E-state index contributed by atoms with van der Waals surface area (Å²) >= 11 is 1.78. The van der Waals surface area contributed by atoms with E-state index in [4.69, 9.17) is 9.47 Å². The van der Waals surface area contributed by atoms with E-state index in [1.54, 1.807) is 26.0 Å². The second kappa shape index (κ2) is 7.06. The summed E-state index contributed by atoms with van der Waals surface area (Å²) in [5.74, 6) is 2.38. The van der Waals surface area contributed by atoms with E-state index in [0.29, 0.717) is 0 Å². The predicted octanol–water partition coefficient (Wildman–Crippen LogP) is 2.97. The molecular weight excluding hydrogens is 258 g/mol. The Bertz CT molecular complexity index is 417. The van der Waals surface area contributed by atoms with Gasteiger partial charge in [0, 0.05) is 4.90 Å². The zero-order valence-electron chi connectivity index (χ0n) is 12.0. The van der Waals surface area contributed by atoms with E-state index in [-0.39, 0.29) is 0 Å². The number of rotatable bonds is 5. The van der Waals surface area contributed by atoms with Crippen LogP contribution in [0.1, 0.15) is 18.4 Å². The van der Waals surface area contributed by atoms with Crippen molar-refractivity contribution in [2.24, 2.45) is 5.92 Å². The molecule has 1 aromatic rings. The highest BCUT2D eigenvalue weighted by atomic mass is 32.2. The highest BCUT2D eigenvalue weighted by molar-refractivity contribution is 7.98. The Morgan fingerprint density at radius 2 is 2.00 bits per heavy atom. The smallest absolute Gasteiger partial charge is 0.161 e. The summed E-state index contributed by atoms with van der Waals surface area (Å²) in [7, 11) is 3.38. The lowest BCUT2D eigenvalue weighted by atomic mass is 9.92. The molecule has 4 heteroatoms. The SMILES string of the molecule is COc1cc(CC2CCCNC2)c(SC)cc1OC. The van der Waals surface area contributed by atoms with E-state index in [9.17, 15) is 0 Å². The molecule has 1 unspecified atom stereocenters. The maximum absolute atomic E-state index is 5.42. The third-order valence-corrected chi connectivity index (χ3v) is 4.51. The molecule has 1 heterocycles. The summed E-state index contributed by atoms with van der Waals surface area (Å²) in [5.41, 5.74) is 1.37. The molecule has 0 radical (unpaired) electrons. The normalized spacial score (nSPS) is 19.2. The third kappa shape index (κ3) is 3.57. The van der Waals surface area contributed by atoms with E-state index in [0.717, 1.165) is 36.9 Å². The van der Waals surface area contributed by atoms with Crippen LogP contribution in [0, 0.1) is 5.92 Å². The molecular formula is C15H23NO2S. The number of ether oxygens (including phenoxy) is 2. The van der Waals surface area contributed by atoms with Crippen LogP contribution in [-0.4, -0.2) is 33.6 Å². The summed E-state index contributed by atoms with van der Waals surface area (Å²) in [6.45, 7) is 2.29. The first kappa shape index (κ1) is 14.5. The molecule has 1 aromatic carbocycles. The fourth-order valence-corrected chi connectivity index (χ4v) is 3.29. The van der Waals surface area contributed by atoms with E-state index in [1.807, 2.05) is 0 Å². The van der Waals surface area contributed by atoms with Crippen molar-refractivity contribution in [3.63, 3.8) is 0 Å². The minimum Gasteiger partial charge on any atom is -0.493 e. The molecule has 1 N–H and O–H groups in total. The molecule has 2 rings (SSSR count). The van der Waals surface area contributed by atoms with Crippen molar-refractivity contribution in [2.75, 3.05) is 33.6 Å². The van der Waals surface area contributed by atoms with Gasteiger partial charge >= 0.3 is 0 Å². The van der Waals surface area contributed by atoms with E-state index in [1.165, 1.54) is 23.3 Å². The average Bonchev–Trinajstić information content (AvgIpc) is 2.47. The molecule has 0 saturated carbocycles. The number of piperidine rings is 1. The zero-order chi connectivity index (χ0) is 13.7. The van der Waals surface area contributed by atoms with Crippen LogP contribution >= 0.6 is 11.8 Å². The highest BCUT2D eigenvalue weighted by Gasteiger charge is 2.17. The van der Waals surface area contributed by atoms with Gasteiger partial charge in [0.2, 0.25) is 0 Å². The molecule has 1 fully saturated rings. The number of nitrogens with one attached hydrogen (secondary N) is 1. The van der Waals surface area contributed by atoms with Crippen molar-refractivity contribution in [1.29, 1.82) is 0 Å². The lowest BCUT2D eigenvalue weighted by Gasteiger charge is -2.24. The quantitative estimate of drug-likeness (QED) is 0.841. The number of benzene rings is 1. The van der Waals surface area contributed by atoms with Gasteiger partial charge < -0.3 is 14.8 Å². The van der Waals surface area contributed by atoms with Crippen molar-refractivity contribution in [3.8, 4) is 11.5 Å². The van der Waals surface area contributed by atoms with Gasteiger partial charge in [-0.15, -0.1) is 11.8 Å². The summed E-state index contributed by atoms with van der Waals surface area (Å²) in [5, 5.41) is 3.48. The maximum atomic E-state index is 5.42. The van der Waals surface area contributed by atoms with Gasteiger partial charge in [0.15, 0.2) is 11.5 Å². The standard InChI is InChI=1S/C15H23NO2S/c1-17-13-8-12(7-11-5-4-6-16-10-11)15(19-3)9-14(13)18-2/h8-9,11,16H,4-7,10H2,1-3H3. The molecule has 0 aromatic heterocycles. The van der Waals surface area contributed by atoms with Gasteiger partial charge in [-0.2, -0.15) is 0 Å². The largest absolute Gasteiger partial charge is 0.493 e. The van der Waals surface area contributed by atoms with Crippen molar-refractivity contribution in [3.05, 3.63) is 17.7 Å². The van der Waals surface area contributed by atoms with Crippen molar-refractivity contribution in [2.45, 2.75) is 24.2 Å². The summed E-state index contributed by atoms with van der Waals surface area (Å²) in [6, 6.07) is 4.23. The van der Waals surface area contributed by atoms with Gasteiger partial charge in [0.1, 0.15) is 0 Å². The van der Waals surface area contributed by atoms with Crippen LogP contribution in [0.3, 0.4) is 0 Å². The van der Waals surface area contributed by atoms with Crippen LogP contribution < -0.4 is 14.8 Å². The van der Waals surface area contributed by atoms with Crippen LogP contribution in [0.2, 0.25) is 0 Å². The van der Waals surface area contributed by atoms with Gasteiger partial charge in [0.05, 0.1) is 14.2 Å². The lowest BCUT2D eigenvalue weighted by molar-refractivity contribution is 0.350. The lowest BCUT2D eigenvalue weighted by Crippen LogP contribution is -2.30. The zero-order valence-corrected chi connectivity index (χ0v) is 12.8. The van der Waals surface area contributed by atoms with Gasteiger partial charge in [-0.25, -0.2) is 0 Å². The molecule has 1 atom stereocenters. The second-order valence-electron chi connectivity index (χ2n) is 4.94. The first-order valence-corrected chi connectivity index (χ1v) is 8.00. The van der Waals surface area contributed by atoms with Gasteiger partial charge in [-0.05, 0) is 62.2 Å². The molecule has 1 aliphatic rings. The Kier molecular flexibility index (Phi) is 5.40. The minimum atomic E-state index is 0.734. The Morgan fingerprint density at radius 3 is 2.58 bits per heavy atom. The summed E-state index contributed by atoms with van der Waals surface area (Å²) < 4.78 is 10.8. The topological polar surface area (TPSA) is 30.5 Å². The summed E-state index contributed by atoms with van der Waals surface area (Å²) in [4.78, 5) is 1.29. The van der Waals surface area contributed by atoms with Crippen LogP contribution in [0.25, 0.3) is 0 Å². The van der Waals surface area contributed by atoms with Crippen LogP contribution in [0.4, 0.5) is 0 Å². The van der Waals surface area contributed by atoms with Crippen molar-refractivity contribution in [1.82, 2.24) is 5.32 Å². The van der Waals surface area contributed by atoms with Gasteiger partial charge in [0.25, 0.3) is 0 Å². The van der Waals surface area contributed by atoms with Crippen LogP contribution in [-0.2, 0) is 6.42 Å². The number of hydrogen-bond donors (Lipinski definition) is 1. The Balaban J connectivity index is 2.21. The van der Waals surface area contributed by atoms with Crippen LogP contribution in [0.5, 0.6) is 11.5 Å². The third-order valence-electron chi connectivity index (χ3n) is 3.69.